The van der Waals surface area contributed by atoms with Crippen molar-refractivity contribution in [2.45, 2.75) is 18.4 Å². The van der Waals surface area contributed by atoms with Gasteiger partial charge in [-0.15, -0.1) is 0 Å². The molecule has 1 aromatic carbocycles. The molecule has 0 aliphatic rings. The molecule has 20 heavy (non-hydrogen) atoms. The van der Waals surface area contributed by atoms with Gasteiger partial charge in [-0.1, -0.05) is 6.07 Å². The van der Waals surface area contributed by atoms with Crippen LogP contribution in [-0.2, 0) is 10.9 Å². The lowest BCUT2D eigenvalue weighted by Gasteiger charge is -2.16. The molecule has 0 amide bonds. The Balaban J connectivity index is 2.77. The van der Waals surface area contributed by atoms with Crippen LogP contribution in [0.3, 0.4) is 0 Å². The molecule has 2 N–H and O–H groups in total. The number of hydrogen-bond acceptors (Lipinski definition) is 2. The zero-order chi connectivity index (χ0) is 15.6. The summed E-state index contributed by atoms with van der Waals surface area (Å²) in [6.45, 7) is -2.20. The maximum Gasteiger partial charge on any atom is 0.419 e. The smallest absolute Gasteiger partial charge is 0.370 e. The fourth-order valence-electron chi connectivity index (χ4n) is 1.39. The van der Waals surface area contributed by atoms with Gasteiger partial charge in [0.15, 0.2) is 0 Å². The van der Waals surface area contributed by atoms with Crippen molar-refractivity contribution in [2.24, 2.45) is 5.73 Å². The summed E-state index contributed by atoms with van der Waals surface area (Å²) < 4.78 is 90.0. The Kier molecular flexibility index (Phi) is 4.98. The van der Waals surface area contributed by atoms with E-state index in [2.05, 4.69) is 4.74 Å². The molecule has 0 saturated carbocycles. The van der Waals surface area contributed by atoms with E-state index in [1.807, 2.05) is 0 Å². The van der Waals surface area contributed by atoms with E-state index in [1.165, 1.54) is 0 Å². The third kappa shape index (κ3) is 4.97. The van der Waals surface area contributed by atoms with Crippen LogP contribution in [0, 0.1) is 5.82 Å². The van der Waals surface area contributed by atoms with Gasteiger partial charge in [0.1, 0.15) is 12.4 Å². The largest absolute Gasteiger partial charge is 0.419 e. The predicted molar refractivity (Wildman–Crippen MR) is 55.2 cm³/mol. The number of benzene rings is 1. The van der Waals surface area contributed by atoms with Crippen LogP contribution in [0.4, 0.5) is 30.7 Å². The summed E-state index contributed by atoms with van der Waals surface area (Å²) in [5, 5.41) is 0. The Morgan fingerprint density at radius 2 is 1.70 bits per heavy atom. The van der Waals surface area contributed by atoms with Crippen molar-refractivity contribution in [2.75, 3.05) is 13.2 Å². The van der Waals surface area contributed by atoms with Crippen LogP contribution < -0.4 is 5.73 Å². The summed E-state index contributed by atoms with van der Waals surface area (Å²) >= 11 is 0. The summed E-state index contributed by atoms with van der Waals surface area (Å²) in [5.74, 6) is -1.48. The van der Waals surface area contributed by atoms with Crippen LogP contribution in [0.2, 0.25) is 0 Å². The van der Waals surface area contributed by atoms with Crippen LogP contribution in [0.1, 0.15) is 17.2 Å². The Morgan fingerprint density at radius 3 is 2.20 bits per heavy atom. The van der Waals surface area contributed by atoms with E-state index in [4.69, 9.17) is 5.73 Å². The lowest BCUT2D eigenvalue weighted by molar-refractivity contribution is -0.174. The summed E-state index contributed by atoms with van der Waals surface area (Å²) in [6, 6.07) is 0.754. The first-order valence-electron chi connectivity index (χ1n) is 5.27. The summed E-state index contributed by atoms with van der Waals surface area (Å²) in [5.41, 5.74) is 3.71. The molecule has 0 fully saturated rings. The van der Waals surface area contributed by atoms with Crippen molar-refractivity contribution in [1.29, 1.82) is 0 Å². The van der Waals surface area contributed by atoms with Crippen molar-refractivity contribution in [3.63, 3.8) is 0 Å². The quantitative estimate of drug-likeness (QED) is 0.865. The molecule has 0 heterocycles. The third-order valence-electron chi connectivity index (χ3n) is 2.29. The highest BCUT2D eigenvalue weighted by Gasteiger charge is 2.34. The van der Waals surface area contributed by atoms with Gasteiger partial charge in [-0.3, -0.25) is 0 Å². The molecule has 0 bridgehead atoms. The highest BCUT2D eigenvalue weighted by atomic mass is 19.4. The molecule has 0 aliphatic carbocycles. The van der Waals surface area contributed by atoms with Crippen LogP contribution in [0.15, 0.2) is 18.2 Å². The second kappa shape index (κ2) is 5.96. The molecule has 114 valence electrons. The van der Waals surface area contributed by atoms with Gasteiger partial charge in [-0.25, -0.2) is 4.39 Å². The molecule has 0 spiro atoms. The minimum atomic E-state index is -4.91. The minimum Gasteiger partial charge on any atom is -0.370 e. The highest BCUT2D eigenvalue weighted by Crippen LogP contribution is 2.32. The molecular weight excluding hydrogens is 295 g/mol. The molecule has 2 nitrogen and oxygen atoms in total. The highest BCUT2D eigenvalue weighted by molar-refractivity contribution is 5.29. The molecule has 0 aromatic heterocycles. The lowest BCUT2D eigenvalue weighted by atomic mass is 10.0. The Labute approximate surface area is 109 Å². The lowest BCUT2D eigenvalue weighted by Crippen LogP contribution is -2.23. The van der Waals surface area contributed by atoms with E-state index in [9.17, 15) is 30.7 Å². The fourth-order valence-corrected chi connectivity index (χ4v) is 1.39. The van der Waals surface area contributed by atoms with E-state index >= 15 is 0 Å². The van der Waals surface area contributed by atoms with Gasteiger partial charge < -0.3 is 10.5 Å². The van der Waals surface area contributed by atoms with Crippen molar-refractivity contribution < 1.29 is 35.5 Å². The van der Waals surface area contributed by atoms with Gasteiger partial charge in [-0.05, 0) is 17.7 Å². The third-order valence-corrected chi connectivity index (χ3v) is 2.29. The van der Waals surface area contributed by atoms with E-state index in [0.29, 0.717) is 12.1 Å². The van der Waals surface area contributed by atoms with Gasteiger partial charge in [0.25, 0.3) is 0 Å². The summed E-state index contributed by atoms with van der Waals surface area (Å²) in [4.78, 5) is 0. The first kappa shape index (κ1) is 16.7. The monoisotopic (exact) mass is 305 g/mol. The second-order valence-corrected chi connectivity index (χ2v) is 3.97. The van der Waals surface area contributed by atoms with Crippen molar-refractivity contribution in [3.8, 4) is 0 Å². The van der Waals surface area contributed by atoms with E-state index in [0.717, 1.165) is 6.07 Å². The van der Waals surface area contributed by atoms with Gasteiger partial charge in [0.2, 0.25) is 0 Å². The molecule has 9 heteroatoms. The minimum absolute atomic E-state index is 0.166. The molecule has 1 atom stereocenters. The van der Waals surface area contributed by atoms with Crippen molar-refractivity contribution in [3.05, 3.63) is 35.1 Å². The molecule has 0 aliphatic heterocycles. The molecule has 1 aromatic rings. The van der Waals surface area contributed by atoms with Crippen molar-refractivity contribution >= 4 is 0 Å². The standard InChI is InChI=1S/C11H10F7NO/c12-8-2-1-6(3-7(8)11(16,17)18)9(19)4-20-5-10(13,14)15/h1-3,9H,4-5,19H2. The zero-order valence-electron chi connectivity index (χ0n) is 9.85. The number of halogens is 7. The average molecular weight is 305 g/mol. The van der Waals surface area contributed by atoms with Crippen LogP contribution in [-0.4, -0.2) is 19.4 Å². The second-order valence-electron chi connectivity index (χ2n) is 3.97. The zero-order valence-corrected chi connectivity index (χ0v) is 9.85. The Hall–Kier alpha value is -1.35. The SMILES string of the molecule is NC(COCC(F)(F)F)c1ccc(F)c(C(F)(F)F)c1. The molecule has 1 rings (SSSR count). The number of hydrogen-bond donors (Lipinski definition) is 1. The molecule has 0 radical (unpaired) electrons. The maximum atomic E-state index is 13.0. The van der Waals surface area contributed by atoms with Crippen LogP contribution in [0.25, 0.3) is 0 Å². The number of rotatable bonds is 4. The normalized spacial score (nSPS) is 14.4. The van der Waals surface area contributed by atoms with E-state index in [-0.39, 0.29) is 5.56 Å². The topological polar surface area (TPSA) is 35.2 Å². The maximum absolute atomic E-state index is 13.0. The first-order valence-corrected chi connectivity index (χ1v) is 5.27. The summed E-state index contributed by atoms with van der Waals surface area (Å²) in [6.07, 6.45) is -9.47. The predicted octanol–water partition coefficient (Wildman–Crippen LogP) is 3.42. The summed E-state index contributed by atoms with van der Waals surface area (Å²) in [7, 11) is 0. The van der Waals surface area contributed by atoms with Crippen LogP contribution >= 0.6 is 0 Å². The first-order chi connectivity index (χ1) is 9.00. The number of alkyl halides is 6. The van der Waals surface area contributed by atoms with Crippen LogP contribution in [0.5, 0.6) is 0 Å². The number of ether oxygens (including phenoxy) is 1. The van der Waals surface area contributed by atoms with Gasteiger partial charge in [0, 0.05) is 0 Å². The number of nitrogens with two attached hydrogens (primary N) is 1. The fraction of sp³-hybridized carbons (Fsp3) is 0.455. The molecule has 0 saturated heterocycles. The molecule has 1 unspecified atom stereocenters. The van der Waals surface area contributed by atoms with E-state index < -0.39 is 43.0 Å². The van der Waals surface area contributed by atoms with Gasteiger partial charge in [-0.2, -0.15) is 26.3 Å². The van der Waals surface area contributed by atoms with Crippen molar-refractivity contribution in [1.82, 2.24) is 0 Å². The van der Waals surface area contributed by atoms with E-state index in [1.54, 1.807) is 0 Å². The Bertz CT molecular complexity index is 455. The van der Waals surface area contributed by atoms with Gasteiger partial charge in [0.05, 0.1) is 18.2 Å². The Morgan fingerprint density at radius 1 is 1.10 bits per heavy atom. The van der Waals surface area contributed by atoms with Gasteiger partial charge >= 0.3 is 12.4 Å². The average Bonchev–Trinajstić information content (AvgIpc) is 2.26. The molecular formula is C11H10F7NO.